The Balaban J connectivity index is 1.90. The second-order valence-electron chi connectivity index (χ2n) is 6.11. The van der Waals surface area contributed by atoms with Crippen molar-refractivity contribution < 1.29 is 0 Å². The van der Waals surface area contributed by atoms with Gasteiger partial charge in [0.15, 0.2) is 0 Å². The van der Waals surface area contributed by atoms with E-state index in [1.54, 1.807) is 0 Å². The molecule has 1 fully saturated rings. The minimum absolute atomic E-state index is 0.421. The lowest BCUT2D eigenvalue weighted by atomic mass is 9.78. The number of aromatic nitrogens is 2. The van der Waals surface area contributed by atoms with Gasteiger partial charge in [-0.05, 0) is 56.0 Å². The van der Waals surface area contributed by atoms with Gasteiger partial charge in [-0.2, -0.15) is 5.10 Å². The fraction of sp³-hybridized carbons (Fsp3) is 0.471. The highest BCUT2D eigenvalue weighted by Crippen LogP contribution is 2.38. The molecule has 2 unspecified atom stereocenters. The van der Waals surface area contributed by atoms with Crippen molar-refractivity contribution in [3.63, 3.8) is 0 Å². The molecule has 2 atom stereocenters. The summed E-state index contributed by atoms with van der Waals surface area (Å²) in [5.41, 5.74) is 2.77. The number of nitrogens with one attached hydrogen (secondary N) is 1. The van der Waals surface area contributed by atoms with Crippen LogP contribution in [0.5, 0.6) is 0 Å². The highest BCUT2D eigenvalue weighted by Gasteiger charge is 2.28. The molecular weight excluding hydrogens is 326 g/mol. The molecule has 1 N–H and O–H groups in total. The molecule has 0 spiro atoms. The van der Waals surface area contributed by atoms with Crippen LogP contribution >= 0.6 is 15.9 Å². The number of halogens is 1. The number of hydrogen-bond donors (Lipinski definition) is 1. The highest BCUT2D eigenvalue weighted by atomic mass is 79.9. The van der Waals surface area contributed by atoms with Gasteiger partial charge in [-0.1, -0.05) is 28.1 Å². The summed E-state index contributed by atoms with van der Waals surface area (Å²) in [4.78, 5) is 0. The number of rotatable bonds is 3. The minimum atomic E-state index is 0.421. The lowest BCUT2D eigenvalue weighted by molar-refractivity contribution is 0.403. The molecule has 0 bridgehead atoms. The first-order chi connectivity index (χ1) is 10.1. The van der Waals surface area contributed by atoms with Gasteiger partial charge in [0, 0.05) is 29.2 Å². The van der Waals surface area contributed by atoms with Gasteiger partial charge in [0.05, 0.1) is 6.20 Å². The average Bonchev–Trinajstić information content (AvgIpc) is 2.97. The monoisotopic (exact) mass is 347 g/mol. The van der Waals surface area contributed by atoms with E-state index in [0.29, 0.717) is 17.9 Å². The number of piperidine rings is 1. The van der Waals surface area contributed by atoms with E-state index in [-0.39, 0.29) is 0 Å². The summed E-state index contributed by atoms with van der Waals surface area (Å²) in [6, 6.07) is 9.12. The maximum absolute atomic E-state index is 4.52. The first kappa shape index (κ1) is 14.8. The van der Waals surface area contributed by atoms with Crippen LogP contribution in [0.4, 0.5) is 0 Å². The minimum Gasteiger partial charge on any atom is -0.316 e. The predicted octanol–water partition coefficient (Wildman–Crippen LogP) is 4.09. The summed E-state index contributed by atoms with van der Waals surface area (Å²) < 4.78 is 3.22. The zero-order valence-electron chi connectivity index (χ0n) is 12.6. The van der Waals surface area contributed by atoms with Crippen LogP contribution in [0.3, 0.4) is 0 Å². The summed E-state index contributed by atoms with van der Waals surface area (Å²) in [7, 11) is 0. The van der Waals surface area contributed by atoms with Gasteiger partial charge in [-0.3, -0.25) is 4.68 Å². The molecule has 4 heteroatoms. The van der Waals surface area contributed by atoms with Gasteiger partial charge < -0.3 is 5.32 Å². The summed E-state index contributed by atoms with van der Waals surface area (Å²) in [6.07, 6.45) is 5.45. The van der Waals surface area contributed by atoms with Gasteiger partial charge in [0.25, 0.3) is 0 Å². The van der Waals surface area contributed by atoms with E-state index < -0.39 is 0 Å². The van der Waals surface area contributed by atoms with Gasteiger partial charge in [-0.25, -0.2) is 0 Å². The number of hydrogen-bond acceptors (Lipinski definition) is 2. The van der Waals surface area contributed by atoms with Crippen LogP contribution in [0, 0.1) is 0 Å². The van der Waals surface area contributed by atoms with Crippen LogP contribution in [-0.2, 0) is 0 Å². The van der Waals surface area contributed by atoms with Crippen LogP contribution in [0.1, 0.15) is 49.3 Å². The van der Waals surface area contributed by atoms with Gasteiger partial charge >= 0.3 is 0 Å². The molecule has 0 amide bonds. The van der Waals surface area contributed by atoms with Crippen LogP contribution < -0.4 is 5.32 Å². The lowest BCUT2D eigenvalue weighted by Gasteiger charge is -2.32. The smallest absolute Gasteiger partial charge is 0.0524 e. The Morgan fingerprint density at radius 1 is 1.29 bits per heavy atom. The molecule has 2 heterocycles. The molecule has 112 valence electrons. The molecule has 1 aliphatic heterocycles. The molecule has 21 heavy (non-hydrogen) atoms. The second-order valence-corrected chi connectivity index (χ2v) is 7.02. The van der Waals surface area contributed by atoms with E-state index in [1.807, 2.05) is 0 Å². The Kier molecular flexibility index (Phi) is 4.45. The second kappa shape index (κ2) is 6.32. The standard InChI is InChI=1S/C17H22BrN3/c1-12(2)21-11-14(9-20-21)16-6-7-19-10-17(16)13-4-3-5-15(18)8-13/h3-5,8-9,11-12,16-17,19H,6-7,10H2,1-2H3. The van der Waals surface area contributed by atoms with Crippen LogP contribution in [-0.4, -0.2) is 22.9 Å². The van der Waals surface area contributed by atoms with Gasteiger partial charge in [0.1, 0.15) is 0 Å². The van der Waals surface area contributed by atoms with Gasteiger partial charge in [-0.15, -0.1) is 0 Å². The molecular formula is C17H22BrN3. The van der Waals surface area contributed by atoms with E-state index >= 15 is 0 Å². The molecule has 1 aromatic carbocycles. The summed E-state index contributed by atoms with van der Waals surface area (Å²) in [5, 5.41) is 8.06. The topological polar surface area (TPSA) is 29.9 Å². The Morgan fingerprint density at radius 2 is 2.14 bits per heavy atom. The van der Waals surface area contributed by atoms with Gasteiger partial charge in [0.2, 0.25) is 0 Å². The average molecular weight is 348 g/mol. The van der Waals surface area contributed by atoms with Crippen molar-refractivity contribution in [2.75, 3.05) is 13.1 Å². The zero-order valence-corrected chi connectivity index (χ0v) is 14.2. The van der Waals surface area contributed by atoms with E-state index in [2.05, 4.69) is 81.5 Å². The Hall–Kier alpha value is -1.13. The molecule has 0 aliphatic carbocycles. The summed E-state index contributed by atoms with van der Waals surface area (Å²) in [6.45, 7) is 6.46. The number of nitrogens with zero attached hydrogens (tertiary/aromatic N) is 2. The van der Waals surface area contributed by atoms with Crippen molar-refractivity contribution in [3.05, 3.63) is 52.3 Å². The van der Waals surface area contributed by atoms with Crippen molar-refractivity contribution in [2.24, 2.45) is 0 Å². The Bertz CT molecular complexity index is 606. The zero-order chi connectivity index (χ0) is 14.8. The van der Waals surface area contributed by atoms with Crippen molar-refractivity contribution in [1.29, 1.82) is 0 Å². The first-order valence-corrected chi connectivity index (χ1v) is 8.44. The maximum atomic E-state index is 4.52. The van der Waals surface area contributed by atoms with Crippen LogP contribution in [0.25, 0.3) is 0 Å². The molecule has 3 nitrogen and oxygen atoms in total. The first-order valence-electron chi connectivity index (χ1n) is 7.65. The predicted molar refractivity (Wildman–Crippen MR) is 89.7 cm³/mol. The Morgan fingerprint density at radius 3 is 2.86 bits per heavy atom. The third-order valence-electron chi connectivity index (χ3n) is 4.34. The summed E-state index contributed by atoms with van der Waals surface area (Å²) in [5.74, 6) is 1.06. The molecule has 1 aromatic heterocycles. The number of benzene rings is 1. The fourth-order valence-corrected chi connectivity index (χ4v) is 3.59. The summed E-state index contributed by atoms with van der Waals surface area (Å²) >= 11 is 3.59. The normalized spacial score (nSPS) is 22.7. The van der Waals surface area contributed by atoms with Crippen molar-refractivity contribution in [2.45, 2.75) is 38.1 Å². The molecule has 1 aliphatic rings. The third kappa shape index (κ3) is 3.22. The third-order valence-corrected chi connectivity index (χ3v) is 4.83. The highest BCUT2D eigenvalue weighted by molar-refractivity contribution is 9.10. The quantitative estimate of drug-likeness (QED) is 0.906. The van der Waals surface area contributed by atoms with Crippen molar-refractivity contribution in [1.82, 2.24) is 15.1 Å². The van der Waals surface area contributed by atoms with Crippen LogP contribution in [0.2, 0.25) is 0 Å². The molecule has 2 aromatic rings. The maximum Gasteiger partial charge on any atom is 0.0524 e. The van der Waals surface area contributed by atoms with Crippen molar-refractivity contribution >= 4 is 15.9 Å². The lowest BCUT2D eigenvalue weighted by Crippen LogP contribution is -2.33. The fourth-order valence-electron chi connectivity index (χ4n) is 3.17. The van der Waals surface area contributed by atoms with E-state index in [1.165, 1.54) is 17.5 Å². The van der Waals surface area contributed by atoms with E-state index in [9.17, 15) is 0 Å². The molecule has 0 saturated carbocycles. The Labute approximate surface area is 134 Å². The van der Waals surface area contributed by atoms with Crippen molar-refractivity contribution in [3.8, 4) is 0 Å². The van der Waals surface area contributed by atoms with E-state index in [4.69, 9.17) is 0 Å². The largest absolute Gasteiger partial charge is 0.316 e. The molecule has 3 rings (SSSR count). The van der Waals surface area contributed by atoms with Crippen LogP contribution in [0.15, 0.2) is 41.1 Å². The SMILES string of the molecule is CC(C)n1cc(C2CCNCC2c2cccc(Br)c2)cn1. The molecule has 1 saturated heterocycles. The molecule has 0 radical (unpaired) electrons. The van der Waals surface area contributed by atoms with E-state index in [0.717, 1.165) is 17.6 Å².